The summed E-state index contributed by atoms with van der Waals surface area (Å²) in [4.78, 5) is 28.4. The third-order valence-corrected chi connectivity index (χ3v) is 4.85. The zero-order valence-corrected chi connectivity index (χ0v) is 15.7. The summed E-state index contributed by atoms with van der Waals surface area (Å²) in [6.07, 6.45) is 2.32. The fourth-order valence-electron chi connectivity index (χ4n) is 3.47. The van der Waals surface area contributed by atoms with Crippen molar-refractivity contribution in [3.05, 3.63) is 29.5 Å². The van der Waals surface area contributed by atoms with Crippen molar-refractivity contribution in [3.8, 4) is 5.75 Å². The molecule has 1 aromatic carbocycles. The van der Waals surface area contributed by atoms with Crippen molar-refractivity contribution in [2.24, 2.45) is 0 Å². The molecule has 146 valence electrons. The van der Waals surface area contributed by atoms with Gasteiger partial charge in [0.25, 0.3) is 5.91 Å². The van der Waals surface area contributed by atoms with Gasteiger partial charge in [-0.1, -0.05) is 0 Å². The van der Waals surface area contributed by atoms with Crippen LogP contribution in [0.2, 0.25) is 0 Å². The van der Waals surface area contributed by atoms with E-state index in [1.54, 1.807) is 7.11 Å². The van der Waals surface area contributed by atoms with Gasteiger partial charge in [0.2, 0.25) is 0 Å². The second kappa shape index (κ2) is 8.30. The molecule has 0 atom stereocenters. The van der Waals surface area contributed by atoms with Gasteiger partial charge in [0.05, 0.1) is 38.6 Å². The van der Waals surface area contributed by atoms with Crippen molar-refractivity contribution < 1.29 is 24.2 Å². The Hall–Kier alpha value is -2.74. The molecule has 1 aromatic rings. The molecule has 0 radical (unpaired) electrons. The number of hydrogen-bond acceptors (Lipinski definition) is 7. The number of amides is 1. The molecule has 2 heterocycles. The first kappa shape index (κ1) is 19.0. The highest BCUT2D eigenvalue weighted by Crippen LogP contribution is 2.34. The van der Waals surface area contributed by atoms with Crippen LogP contribution in [0.5, 0.6) is 5.75 Å². The topological polar surface area (TPSA) is 91.3 Å². The van der Waals surface area contributed by atoms with E-state index in [-0.39, 0.29) is 36.9 Å². The number of ether oxygens (including phenoxy) is 2. The molecule has 0 unspecified atom stereocenters. The fourth-order valence-corrected chi connectivity index (χ4v) is 3.47. The molecule has 8 nitrogen and oxygen atoms in total. The summed E-state index contributed by atoms with van der Waals surface area (Å²) < 4.78 is 10.3. The number of β-amino-alcohol motifs (C(OH)–C–C–N with tert-alkyl or cyclic N) is 1. The van der Waals surface area contributed by atoms with Gasteiger partial charge in [0.15, 0.2) is 0 Å². The number of aliphatic hydroxyl groups is 1. The van der Waals surface area contributed by atoms with Gasteiger partial charge < -0.3 is 29.7 Å². The van der Waals surface area contributed by atoms with Gasteiger partial charge >= 0.3 is 5.97 Å². The molecule has 2 N–H and O–H groups in total. The van der Waals surface area contributed by atoms with Crippen LogP contribution in [0, 0.1) is 0 Å². The van der Waals surface area contributed by atoms with Crippen LogP contribution in [0.1, 0.15) is 12.8 Å². The quantitative estimate of drug-likeness (QED) is 0.686. The van der Waals surface area contributed by atoms with Crippen molar-refractivity contribution >= 4 is 23.3 Å². The minimum atomic E-state index is -0.563. The minimum Gasteiger partial charge on any atom is -0.495 e. The van der Waals surface area contributed by atoms with Crippen molar-refractivity contribution in [1.82, 2.24) is 4.90 Å². The van der Waals surface area contributed by atoms with Crippen molar-refractivity contribution in [3.63, 3.8) is 0 Å². The van der Waals surface area contributed by atoms with Crippen LogP contribution < -0.4 is 15.0 Å². The molecule has 3 rings (SSSR count). The number of esters is 1. The molecule has 1 saturated heterocycles. The number of carbonyl (C=O) groups is 2. The number of hydrogen-bond donors (Lipinski definition) is 2. The minimum absolute atomic E-state index is 0.109. The van der Waals surface area contributed by atoms with Crippen LogP contribution in [0.25, 0.3) is 0 Å². The molecule has 1 amide bonds. The molecule has 0 aliphatic carbocycles. The first-order valence-electron chi connectivity index (χ1n) is 9.00. The lowest BCUT2D eigenvalue weighted by Gasteiger charge is -2.21. The maximum absolute atomic E-state index is 12.6. The first-order valence-corrected chi connectivity index (χ1v) is 9.00. The smallest absolute Gasteiger partial charge is 0.337 e. The van der Waals surface area contributed by atoms with Gasteiger partial charge in [0, 0.05) is 31.4 Å². The van der Waals surface area contributed by atoms with Gasteiger partial charge in [-0.15, -0.1) is 0 Å². The molecule has 27 heavy (non-hydrogen) atoms. The standard InChI is InChI=1S/C19H25N3O5/c1-26-16-11-13(5-6-15(16)21-7-3-4-8-21)20-17-14(19(25)27-2)12-22(9-10-23)18(17)24/h5-6,11,20,23H,3-4,7-10,12H2,1-2H3. The number of rotatable bonds is 7. The van der Waals surface area contributed by atoms with Crippen LogP contribution in [0.15, 0.2) is 29.5 Å². The maximum Gasteiger partial charge on any atom is 0.337 e. The summed E-state index contributed by atoms with van der Waals surface area (Å²) in [6, 6.07) is 5.63. The van der Waals surface area contributed by atoms with E-state index in [1.807, 2.05) is 18.2 Å². The average Bonchev–Trinajstić information content (AvgIpc) is 3.32. The molecule has 8 heteroatoms. The SMILES string of the molecule is COC(=O)C1=C(Nc2ccc(N3CCCC3)c(OC)c2)C(=O)N(CCO)C1. The highest BCUT2D eigenvalue weighted by atomic mass is 16.5. The Morgan fingerprint density at radius 3 is 2.63 bits per heavy atom. The Morgan fingerprint density at radius 2 is 2.00 bits per heavy atom. The van der Waals surface area contributed by atoms with Crippen LogP contribution in [0.4, 0.5) is 11.4 Å². The van der Waals surface area contributed by atoms with E-state index in [9.17, 15) is 9.59 Å². The van der Waals surface area contributed by atoms with E-state index in [0.717, 1.165) is 31.6 Å². The number of nitrogens with one attached hydrogen (secondary N) is 1. The van der Waals surface area contributed by atoms with Crippen LogP contribution in [-0.4, -0.2) is 68.9 Å². The number of anilines is 2. The summed E-state index contributed by atoms with van der Waals surface area (Å²) in [5.41, 5.74) is 2.08. The lowest BCUT2D eigenvalue weighted by atomic mass is 10.2. The van der Waals surface area contributed by atoms with Gasteiger partial charge in [0.1, 0.15) is 11.4 Å². The number of nitrogens with zero attached hydrogens (tertiary/aromatic N) is 2. The van der Waals surface area contributed by atoms with E-state index in [2.05, 4.69) is 10.2 Å². The largest absolute Gasteiger partial charge is 0.495 e. The lowest BCUT2D eigenvalue weighted by molar-refractivity contribution is -0.136. The fraction of sp³-hybridized carbons (Fsp3) is 0.474. The number of aliphatic hydroxyl groups excluding tert-OH is 1. The predicted octanol–water partition coefficient (Wildman–Crippen LogP) is 0.969. The van der Waals surface area contributed by atoms with Crippen LogP contribution >= 0.6 is 0 Å². The molecule has 2 aliphatic heterocycles. The Bertz CT molecular complexity index is 756. The van der Waals surface area contributed by atoms with Crippen LogP contribution in [-0.2, 0) is 14.3 Å². The predicted molar refractivity (Wildman–Crippen MR) is 101 cm³/mol. The highest BCUT2D eigenvalue weighted by Gasteiger charge is 2.34. The molecular weight excluding hydrogens is 350 g/mol. The Kier molecular flexibility index (Phi) is 5.85. The molecule has 0 spiro atoms. The molecule has 0 bridgehead atoms. The van der Waals surface area contributed by atoms with Gasteiger partial charge in [-0.2, -0.15) is 0 Å². The maximum atomic E-state index is 12.6. The van der Waals surface area contributed by atoms with Crippen molar-refractivity contribution in [2.45, 2.75) is 12.8 Å². The average molecular weight is 375 g/mol. The summed E-state index contributed by atoms with van der Waals surface area (Å²) >= 11 is 0. The molecule has 1 fully saturated rings. The zero-order valence-electron chi connectivity index (χ0n) is 15.7. The Morgan fingerprint density at radius 1 is 1.26 bits per heavy atom. The van der Waals surface area contributed by atoms with E-state index >= 15 is 0 Å². The molecular formula is C19H25N3O5. The summed E-state index contributed by atoms with van der Waals surface area (Å²) in [5, 5.41) is 12.2. The van der Waals surface area contributed by atoms with E-state index < -0.39 is 5.97 Å². The number of benzene rings is 1. The van der Waals surface area contributed by atoms with E-state index in [1.165, 1.54) is 12.0 Å². The van der Waals surface area contributed by atoms with Gasteiger partial charge in [-0.25, -0.2) is 4.79 Å². The highest BCUT2D eigenvalue weighted by molar-refractivity contribution is 6.08. The second-order valence-corrected chi connectivity index (χ2v) is 6.50. The normalized spacial score (nSPS) is 16.9. The Labute approximate surface area is 158 Å². The molecule has 0 aromatic heterocycles. The molecule has 2 aliphatic rings. The van der Waals surface area contributed by atoms with E-state index in [4.69, 9.17) is 14.6 Å². The van der Waals surface area contributed by atoms with Crippen molar-refractivity contribution in [1.29, 1.82) is 0 Å². The summed E-state index contributed by atoms with van der Waals surface area (Å²) in [6.45, 7) is 2.08. The van der Waals surface area contributed by atoms with Gasteiger partial charge in [-0.05, 0) is 25.0 Å². The van der Waals surface area contributed by atoms with E-state index in [0.29, 0.717) is 11.4 Å². The van der Waals surface area contributed by atoms with Gasteiger partial charge in [-0.3, -0.25) is 4.79 Å². The second-order valence-electron chi connectivity index (χ2n) is 6.50. The lowest BCUT2D eigenvalue weighted by Crippen LogP contribution is -2.31. The Balaban J connectivity index is 1.87. The third-order valence-electron chi connectivity index (χ3n) is 4.85. The monoisotopic (exact) mass is 375 g/mol. The van der Waals surface area contributed by atoms with Crippen LogP contribution in [0.3, 0.4) is 0 Å². The zero-order chi connectivity index (χ0) is 19.4. The number of carbonyl (C=O) groups excluding carboxylic acids is 2. The summed E-state index contributed by atoms with van der Waals surface area (Å²) in [5.74, 6) is -0.196. The third kappa shape index (κ3) is 3.85. The molecule has 0 saturated carbocycles. The summed E-state index contributed by atoms with van der Waals surface area (Å²) in [7, 11) is 2.89. The first-order chi connectivity index (χ1) is 13.1. The van der Waals surface area contributed by atoms with Crippen molar-refractivity contribution in [2.75, 3.05) is 57.2 Å². The number of methoxy groups -OCH3 is 2.